The first-order valence-corrected chi connectivity index (χ1v) is 7.71. The number of nitrogens with one attached hydrogen (secondary N) is 1. The van der Waals surface area contributed by atoms with Gasteiger partial charge in [-0.15, -0.1) is 5.10 Å². The van der Waals surface area contributed by atoms with Crippen LogP contribution in [0.25, 0.3) is 0 Å². The molecule has 0 unspecified atom stereocenters. The third kappa shape index (κ3) is 2.73. The number of hydrogen-bond donors (Lipinski definition) is 2. The van der Waals surface area contributed by atoms with Crippen LogP contribution >= 0.6 is 24.4 Å². The summed E-state index contributed by atoms with van der Waals surface area (Å²) in [6.45, 7) is 2.64. The van der Waals surface area contributed by atoms with Crippen LogP contribution in [0, 0.1) is 5.41 Å². The molecule has 0 aliphatic heterocycles. The Labute approximate surface area is 111 Å². The van der Waals surface area contributed by atoms with Gasteiger partial charge in [0.15, 0.2) is 5.16 Å². The molecule has 2 rings (SSSR count). The second-order valence-corrected chi connectivity index (χ2v) is 5.97. The quantitative estimate of drug-likeness (QED) is 0.638. The highest BCUT2D eigenvalue weighted by Crippen LogP contribution is 2.42. The first kappa shape index (κ1) is 13.1. The van der Waals surface area contributed by atoms with E-state index in [1.165, 1.54) is 25.7 Å². The third-order valence-corrected chi connectivity index (χ3v) is 5.54. The largest absolute Gasteiger partial charge is 0.343 e. The highest BCUT2D eigenvalue weighted by atomic mass is 32.2. The Kier molecular flexibility index (Phi) is 4.25. The first-order chi connectivity index (χ1) is 8.21. The zero-order valence-corrected chi connectivity index (χ0v) is 11.8. The Balaban J connectivity index is 2.04. The average molecular weight is 273 g/mol. The molecule has 0 radical (unpaired) electrons. The Bertz CT molecular complexity index is 421. The van der Waals surface area contributed by atoms with Crippen LogP contribution < -0.4 is 5.69 Å². The maximum absolute atomic E-state index is 11.4. The average Bonchev–Trinajstić information content (AvgIpc) is 2.94. The molecular formula is C11H19N3OS2. The van der Waals surface area contributed by atoms with Gasteiger partial charge in [0, 0.05) is 12.3 Å². The van der Waals surface area contributed by atoms with E-state index < -0.39 is 0 Å². The molecule has 1 aliphatic rings. The van der Waals surface area contributed by atoms with Crippen molar-refractivity contribution in [1.82, 2.24) is 14.8 Å². The lowest BCUT2D eigenvalue weighted by Crippen LogP contribution is -2.22. The Morgan fingerprint density at radius 3 is 2.82 bits per heavy atom. The highest BCUT2D eigenvalue weighted by molar-refractivity contribution is 7.99. The minimum Gasteiger partial charge on any atom is -0.270 e. The molecule has 1 saturated carbocycles. The van der Waals surface area contributed by atoms with Crippen molar-refractivity contribution in [3.8, 4) is 0 Å². The van der Waals surface area contributed by atoms with Gasteiger partial charge in [-0.05, 0) is 30.9 Å². The first-order valence-electron chi connectivity index (χ1n) is 6.10. The summed E-state index contributed by atoms with van der Waals surface area (Å²) >= 11 is 6.18. The molecular weight excluding hydrogens is 254 g/mol. The van der Waals surface area contributed by atoms with E-state index in [4.69, 9.17) is 0 Å². The number of aromatic amines is 1. The van der Waals surface area contributed by atoms with Crippen LogP contribution in [0.15, 0.2) is 9.95 Å². The number of aromatic nitrogens is 3. The lowest BCUT2D eigenvalue weighted by Gasteiger charge is -2.25. The number of hydrogen-bond acceptors (Lipinski definition) is 4. The number of rotatable bonds is 5. The van der Waals surface area contributed by atoms with E-state index >= 15 is 0 Å². The summed E-state index contributed by atoms with van der Waals surface area (Å²) in [7, 11) is 0. The van der Waals surface area contributed by atoms with Gasteiger partial charge >= 0.3 is 5.69 Å². The smallest absolute Gasteiger partial charge is 0.270 e. The van der Waals surface area contributed by atoms with Gasteiger partial charge in [-0.3, -0.25) is 4.57 Å². The Morgan fingerprint density at radius 2 is 2.24 bits per heavy atom. The van der Waals surface area contributed by atoms with Crippen molar-refractivity contribution in [3.63, 3.8) is 0 Å². The summed E-state index contributed by atoms with van der Waals surface area (Å²) in [6.07, 6.45) is 5.12. The van der Waals surface area contributed by atoms with Crippen molar-refractivity contribution < 1.29 is 0 Å². The molecule has 0 aromatic carbocycles. The summed E-state index contributed by atoms with van der Waals surface area (Å²) in [5.41, 5.74) is 0.239. The second kappa shape index (κ2) is 5.52. The Hall–Kier alpha value is -0.360. The lowest BCUT2D eigenvalue weighted by molar-refractivity contribution is 0.403. The van der Waals surface area contributed by atoms with Gasteiger partial charge in [-0.25, -0.2) is 9.89 Å². The van der Waals surface area contributed by atoms with E-state index in [1.807, 2.05) is 6.92 Å². The zero-order chi connectivity index (χ0) is 12.3. The summed E-state index contributed by atoms with van der Waals surface area (Å²) in [6, 6.07) is 0. The van der Waals surface area contributed by atoms with E-state index in [9.17, 15) is 4.79 Å². The van der Waals surface area contributed by atoms with Gasteiger partial charge in [-0.2, -0.15) is 12.6 Å². The molecule has 1 heterocycles. The standard InChI is InChI=1S/C11H19N3OS2/c1-2-14-9(15)12-13-10(14)17-8-11(7-16)5-3-4-6-11/h16H,2-8H2,1H3,(H,12,15). The highest BCUT2D eigenvalue weighted by Gasteiger charge is 2.33. The predicted octanol–water partition coefficient (Wildman–Crippen LogP) is 2.17. The maximum atomic E-state index is 11.4. The van der Waals surface area contributed by atoms with Crippen LogP contribution in [0.4, 0.5) is 0 Å². The molecule has 6 heteroatoms. The van der Waals surface area contributed by atoms with Gasteiger partial charge in [-0.1, -0.05) is 24.6 Å². The molecule has 1 aromatic rings. The van der Waals surface area contributed by atoms with E-state index in [0.717, 1.165) is 16.7 Å². The van der Waals surface area contributed by atoms with Crippen LogP contribution in [0.1, 0.15) is 32.6 Å². The third-order valence-electron chi connectivity index (χ3n) is 3.55. The van der Waals surface area contributed by atoms with Gasteiger partial charge in [0.05, 0.1) is 0 Å². The van der Waals surface area contributed by atoms with E-state index in [2.05, 4.69) is 22.8 Å². The van der Waals surface area contributed by atoms with Crippen molar-refractivity contribution in [2.24, 2.45) is 5.41 Å². The monoisotopic (exact) mass is 273 g/mol. The SMILES string of the molecule is CCn1c(SCC2(CS)CCCC2)n[nH]c1=O. The molecule has 4 nitrogen and oxygen atoms in total. The fraction of sp³-hybridized carbons (Fsp3) is 0.818. The van der Waals surface area contributed by atoms with Crippen LogP contribution in [0.3, 0.4) is 0 Å². The van der Waals surface area contributed by atoms with Gasteiger partial charge in [0.25, 0.3) is 0 Å². The minimum atomic E-state index is -0.110. The number of thiol groups is 1. The van der Waals surface area contributed by atoms with Crippen LogP contribution in [-0.2, 0) is 6.54 Å². The number of H-pyrrole nitrogens is 1. The summed E-state index contributed by atoms with van der Waals surface area (Å²) in [4.78, 5) is 11.4. The molecule has 0 atom stereocenters. The molecule has 1 aromatic heterocycles. The second-order valence-electron chi connectivity index (χ2n) is 4.71. The Morgan fingerprint density at radius 1 is 1.53 bits per heavy atom. The fourth-order valence-corrected chi connectivity index (χ4v) is 4.27. The van der Waals surface area contributed by atoms with Crippen molar-refractivity contribution in [3.05, 3.63) is 10.5 Å². The summed E-state index contributed by atoms with van der Waals surface area (Å²) < 4.78 is 1.69. The van der Waals surface area contributed by atoms with Crippen LogP contribution in [0.5, 0.6) is 0 Å². The molecule has 96 valence electrons. The van der Waals surface area contributed by atoms with Gasteiger partial charge in [0.1, 0.15) is 0 Å². The van der Waals surface area contributed by atoms with Crippen molar-refractivity contribution >= 4 is 24.4 Å². The topological polar surface area (TPSA) is 50.7 Å². The normalized spacial score (nSPS) is 18.7. The van der Waals surface area contributed by atoms with E-state index in [0.29, 0.717) is 12.0 Å². The minimum absolute atomic E-state index is 0.110. The van der Waals surface area contributed by atoms with Crippen LogP contribution in [0.2, 0.25) is 0 Å². The zero-order valence-electron chi connectivity index (χ0n) is 10.1. The molecule has 0 amide bonds. The lowest BCUT2D eigenvalue weighted by atomic mass is 9.91. The fourth-order valence-electron chi connectivity index (χ4n) is 2.38. The number of nitrogens with zero attached hydrogens (tertiary/aromatic N) is 2. The molecule has 1 N–H and O–H groups in total. The van der Waals surface area contributed by atoms with E-state index in [-0.39, 0.29) is 5.69 Å². The molecule has 1 aliphatic carbocycles. The molecule has 0 bridgehead atoms. The molecule has 1 fully saturated rings. The van der Waals surface area contributed by atoms with Crippen molar-refractivity contribution in [2.75, 3.05) is 11.5 Å². The van der Waals surface area contributed by atoms with Crippen molar-refractivity contribution in [1.29, 1.82) is 0 Å². The summed E-state index contributed by atoms with van der Waals surface area (Å²) in [5.74, 6) is 1.95. The predicted molar refractivity (Wildman–Crippen MR) is 74.0 cm³/mol. The van der Waals surface area contributed by atoms with Gasteiger partial charge < -0.3 is 0 Å². The van der Waals surface area contributed by atoms with Crippen LogP contribution in [-0.4, -0.2) is 26.3 Å². The van der Waals surface area contributed by atoms with Gasteiger partial charge in [0.2, 0.25) is 0 Å². The van der Waals surface area contributed by atoms with Crippen molar-refractivity contribution in [2.45, 2.75) is 44.3 Å². The molecule has 0 saturated heterocycles. The maximum Gasteiger partial charge on any atom is 0.343 e. The molecule has 17 heavy (non-hydrogen) atoms. The number of thioether (sulfide) groups is 1. The molecule has 0 spiro atoms. The summed E-state index contributed by atoms with van der Waals surface area (Å²) in [5, 5.41) is 7.40. The van der Waals surface area contributed by atoms with E-state index in [1.54, 1.807) is 16.3 Å².